The summed E-state index contributed by atoms with van der Waals surface area (Å²) in [7, 11) is 1.97. The molecule has 108 valence electrons. The lowest BCUT2D eigenvalue weighted by Crippen LogP contribution is -2.45. The van der Waals surface area contributed by atoms with Crippen LogP contribution in [0.4, 0.5) is 5.69 Å². The molecule has 0 amide bonds. The lowest BCUT2D eigenvalue weighted by atomic mass is 9.92. The number of nitrogens with two attached hydrogens (primary N) is 1. The average Bonchev–Trinajstić information content (AvgIpc) is 2.47. The second kappa shape index (κ2) is 5.99. The van der Waals surface area contributed by atoms with Gasteiger partial charge >= 0.3 is 0 Å². The summed E-state index contributed by atoms with van der Waals surface area (Å²) in [4.78, 5) is 2.04. The first-order valence-corrected chi connectivity index (χ1v) is 7.00. The van der Waals surface area contributed by atoms with Crippen LogP contribution >= 0.6 is 0 Å². The molecule has 3 heteroatoms. The first kappa shape index (κ1) is 15.1. The highest BCUT2D eigenvalue weighted by Crippen LogP contribution is 2.23. The van der Waals surface area contributed by atoms with Gasteiger partial charge in [-0.05, 0) is 42.7 Å². The summed E-state index contributed by atoms with van der Waals surface area (Å²) in [6.07, 6.45) is 0. The van der Waals surface area contributed by atoms with Crippen molar-refractivity contribution >= 4 is 5.69 Å². The third-order valence-electron chi connectivity index (χ3n) is 3.62. The van der Waals surface area contributed by atoms with E-state index in [4.69, 9.17) is 5.73 Å². The molecular weight excluding hydrogens is 258 g/mol. The first-order chi connectivity index (χ1) is 9.94. The largest absolute Gasteiger partial charge is 0.371 e. The van der Waals surface area contributed by atoms with Gasteiger partial charge in [0.2, 0.25) is 0 Å². The van der Waals surface area contributed by atoms with Crippen molar-refractivity contribution in [2.45, 2.75) is 19.4 Å². The summed E-state index contributed by atoms with van der Waals surface area (Å²) in [5.74, 6) is 0. The van der Waals surface area contributed by atoms with Crippen molar-refractivity contribution in [3.8, 4) is 6.07 Å². The van der Waals surface area contributed by atoms with Crippen molar-refractivity contribution in [2.75, 3.05) is 18.5 Å². The highest BCUT2D eigenvalue weighted by Gasteiger charge is 2.29. The predicted molar refractivity (Wildman–Crippen MR) is 87.1 cm³/mol. The van der Waals surface area contributed by atoms with Crippen molar-refractivity contribution in [1.29, 1.82) is 5.26 Å². The van der Waals surface area contributed by atoms with Crippen LogP contribution in [0.15, 0.2) is 48.5 Å². The molecule has 0 aliphatic heterocycles. The molecular formula is C18H21N3. The van der Waals surface area contributed by atoms with Gasteiger partial charge in [-0.2, -0.15) is 5.26 Å². The first-order valence-electron chi connectivity index (χ1n) is 7.00. The molecule has 0 saturated carbocycles. The lowest BCUT2D eigenvalue weighted by Gasteiger charge is -2.30. The number of hydrogen-bond donors (Lipinski definition) is 1. The Labute approximate surface area is 126 Å². The van der Waals surface area contributed by atoms with Crippen molar-refractivity contribution in [1.82, 2.24) is 0 Å². The van der Waals surface area contributed by atoms with Crippen LogP contribution in [0.2, 0.25) is 0 Å². The van der Waals surface area contributed by atoms with Crippen LogP contribution in [-0.4, -0.2) is 13.6 Å². The van der Waals surface area contributed by atoms with Crippen LogP contribution in [0.3, 0.4) is 0 Å². The fourth-order valence-electron chi connectivity index (χ4n) is 2.56. The molecule has 0 aliphatic rings. The van der Waals surface area contributed by atoms with E-state index in [2.05, 4.69) is 38.1 Å². The van der Waals surface area contributed by atoms with E-state index >= 15 is 0 Å². The van der Waals surface area contributed by atoms with Gasteiger partial charge in [-0.1, -0.05) is 36.4 Å². The van der Waals surface area contributed by atoms with Crippen molar-refractivity contribution in [3.05, 3.63) is 65.2 Å². The summed E-state index contributed by atoms with van der Waals surface area (Å²) in [5.41, 5.74) is 9.63. The van der Waals surface area contributed by atoms with E-state index in [1.807, 2.05) is 42.3 Å². The van der Waals surface area contributed by atoms with Gasteiger partial charge in [0.1, 0.15) is 5.54 Å². The molecule has 2 N–H and O–H groups in total. The summed E-state index contributed by atoms with van der Waals surface area (Å²) in [6, 6.07) is 18.2. The van der Waals surface area contributed by atoms with E-state index in [0.29, 0.717) is 6.54 Å². The molecule has 0 fully saturated rings. The fourth-order valence-corrected chi connectivity index (χ4v) is 2.56. The van der Waals surface area contributed by atoms with E-state index < -0.39 is 5.54 Å². The van der Waals surface area contributed by atoms with Gasteiger partial charge in [0.05, 0.1) is 12.6 Å². The minimum absolute atomic E-state index is 0.441. The SMILES string of the molecule is Cc1cc(C)cc(N(C)CC(N)(C#N)c2ccccc2)c1. The molecule has 2 aromatic rings. The standard InChI is InChI=1S/C18H21N3/c1-14-9-15(2)11-17(10-14)21(3)13-18(20,12-19)16-7-5-4-6-8-16/h4-11H,13,20H2,1-3H3. The van der Waals surface area contributed by atoms with Crippen molar-refractivity contribution in [2.24, 2.45) is 5.73 Å². The van der Waals surface area contributed by atoms with Gasteiger partial charge in [0, 0.05) is 12.7 Å². The molecule has 0 aromatic heterocycles. The van der Waals surface area contributed by atoms with E-state index in [9.17, 15) is 5.26 Å². The minimum Gasteiger partial charge on any atom is -0.371 e. The Kier molecular flexibility index (Phi) is 4.30. The summed E-state index contributed by atoms with van der Waals surface area (Å²) in [6.45, 7) is 4.58. The van der Waals surface area contributed by atoms with E-state index in [-0.39, 0.29) is 0 Å². The van der Waals surface area contributed by atoms with Crippen LogP contribution in [0.1, 0.15) is 16.7 Å². The molecule has 21 heavy (non-hydrogen) atoms. The molecule has 0 saturated heterocycles. The van der Waals surface area contributed by atoms with Gasteiger partial charge < -0.3 is 10.6 Å². The van der Waals surface area contributed by atoms with Crippen molar-refractivity contribution in [3.63, 3.8) is 0 Å². The van der Waals surface area contributed by atoms with Gasteiger partial charge in [0.15, 0.2) is 0 Å². The second-order valence-electron chi connectivity index (χ2n) is 5.65. The summed E-state index contributed by atoms with van der Waals surface area (Å²) in [5, 5.41) is 9.54. The fraction of sp³-hybridized carbons (Fsp3) is 0.278. The van der Waals surface area contributed by atoms with Gasteiger partial charge in [-0.15, -0.1) is 0 Å². The van der Waals surface area contributed by atoms with E-state index in [1.54, 1.807) is 0 Å². The maximum absolute atomic E-state index is 9.54. The number of anilines is 1. The van der Waals surface area contributed by atoms with Crippen LogP contribution in [-0.2, 0) is 5.54 Å². The Morgan fingerprint density at radius 2 is 1.67 bits per heavy atom. The lowest BCUT2D eigenvalue weighted by molar-refractivity contribution is 0.571. The number of hydrogen-bond acceptors (Lipinski definition) is 3. The molecule has 3 nitrogen and oxygen atoms in total. The van der Waals surface area contributed by atoms with Crippen LogP contribution in [0.25, 0.3) is 0 Å². The molecule has 0 spiro atoms. The third-order valence-corrected chi connectivity index (χ3v) is 3.62. The third kappa shape index (κ3) is 3.42. The summed E-state index contributed by atoms with van der Waals surface area (Å²) < 4.78 is 0. The predicted octanol–water partition coefficient (Wildman–Crippen LogP) is 3.12. The highest BCUT2D eigenvalue weighted by atomic mass is 15.1. The Morgan fingerprint density at radius 1 is 1.10 bits per heavy atom. The Hall–Kier alpha value is -2.31. The van der Waals surface area contributed by atoms with Gasteiger partial charge in [0.25, 0.3) is 0 Å². The Morgan fingerprint density at radius 3 is 2.19 bits per heavy atom. The Bertz CT molecular complexity index is 638. The van der Waals surface area contributed by atoms with Crippen molar-refractivity contribution < 1.29 is 0 Å². The zero-order valence-corrected chi connectivity index (χ0v) is 12.8. The molecule has 2 rings (SSSR count). The van der Waals surface area contributed by atoms with Crippen LogP contribution in [0.5, 0.6) is 0 Å². The topological polar surface area (TPSA) is 53.0 Å². The zero-order chi connectivity index (χ0) is 15.5. The molecule has 0 bridgehead atoms. The Balaban J connectivity index is 2.28. The molecule has 2 aromatic carbocycles. The quantitative estimate of drug-likeness (QED) is 0.935. The number of rotatable bonds is 4. The second-order valence-corrected chi connectivity index (χ2v) is 5.65. The van der Waals surface area contributed by atoms with Crippen LogP contribution < -0.4 is 10.6 Å². The average molecular weight is 279 g/mol. The summed E-state index contributed by atoms with van der Waals surface area (Å²) >= 11 is 0. The molecule has 0 heterocycles. The smallest absolute Gasteiger partial charge is 0.147 e. The zero-order valence-electron chi connectivity index (χ0n) is 12.8. The van der Waals surface area contributed by atoms with Crippen LogP contribution in [0, 0.1) is 25.2 Å². The molecule has 0 radical (unpaired) electrons. The van der Waals surface area contributed by atoms with E-state index in [1.165, 1.54) is 11.1 Å². The number of likely N-dealkylation sites (N-methyl/N-ethyl adjacent to an activating group) is 1. The van der Waals surface area contributed by atoms with Gasteiger partial charge in [-0.25, -0.2) is 0 Å². The highest BCUT2D eigenvalue weighted by molar-refractivity contribution is 5.51. The van der Waals surface area contributed by atoms with Gasteiger partial charge in [-0.3, -0.25) is 0 Å². The normalized spacial score (nSPS) is 13.3. The molecule has 1 unspecified atom stereocenters. The van der Waals surface area contributed by atoms with E-state index in [0.717, 1.165) is 11.3 Å². The molecule has 1 atom stereocenters. The maximum atomic E-state index is 9.54. The maximum Gasteiger partial charge on any atom is 0.147 e. The number of benzene rings is 2. The molecule has 0 aliphatic carbocycles. The number of aryl methyl sites for hydroxylation is 2. The monoisotopic (exact) mass is 279 g/mol. The minimum atomic E-state index is -1.02. The number of nitriles is 1. The number of nitrogens with zero attached hydrogens (tertiary/aromatic N) is 2.